The molecule has 3 N–H and O–H groups in total. The van der Waals surface area contributed by atoms with Gasteiger partial charge in [0.25, 0.3) is 0 Å². The fourth-order valence-electron chi connectivity index (χ4n) is 4.11. The van der Waals surface area contributed by atoms with Crippen LogP contribution in [0.15, 0.2) is 18.2 Å². The molecule has 3 aliphatic rings. The van der Waals surface area contributed by atoms with Crippen molar-refractivity contribution in [3.63, 3.8) is 0 Å². The molecule has 0 radical (unpaired) electrons. The number of amides is 2. The minimum absolute atomic E-state index is 0. The molecule has 1 aromatic rings. The van der Waals surface area contributed by atoms with Crippen molar-refractivity contribution >= 4 is 29.9 Å². The Morgan fingerprint density at radius 1 is 1.33 bits per heavy atom. The van der Waals surface area contributed by atoms with Crippen LogP contribution in [0.3, 0.4) is 0 Å². The SMILES string of the molecule is CC(NC(=O)C1CC12CCNCC2)c1ccc2c(c1)CC(=O)N2.Cl. The molecular weight excluding hydrogens is 326 g/mol. The molecule has 2 aliphatic heterocycles. The molecule has 1 spiro atoms. The van der Waals surface area contributed by atoms with Gasteiger partial charge in [-0.25, -0.2) is 0 Å². The van der Waals surface area contributed by atoms with Crippen molar-refractivity contribution < 1.29 is 9.59 Å². The molecule has 2 amide bonds. The summed E-state index contributed by atoms with van der Waals surface area (Å²) in [6, 6.07) is 5.93. The van der Waals surface area contributed by atoms with Crippen molar-refractivity contribution in [3.05, 3.63) is 29.3 Å². The monoisotopic (exact) mass is 349 g/mol. The summed E-state index contributed by atoms with van der Waals surface area (Å²) in [5.74, 6) is 0.415. The lowest BCUT2D eigenvalue weighted by molar-refractivity contribution is -0.124. The van der Waals surface area contributed by atoms with Gasteiger partial charge < -0.3 is 16.0 Å². The van der Waals surface area contributed by atoms with Crippen LogP contribution in [0.5, 0.6) is 0 Å². The zero-order valence-corrected chi connectivity index (χ0v) is 14.7. The Labute approximate surface area is 148 Å². The van der Waals surface area contributed by atoms with Crippen molar-refractivity contribution in [2.45, 2.75) is 38.6 Å². The number of carbonyl (C=O) groups excluding carboxylic acids is 2. The summed E-state index contributed by atoms with van der Waals surface area (Å²) in [7, 11) is 0. The Morgan fingerprint density at radius 2 is 2.08 bits per heavy atom. The summed E-state index contributed by atoms with van der Waals surface area (Å²) in [6.07, 6.45) is 3.70. The standard InChI is InChI=1S/C18H23N3O2.ClH/c1-11(12-2-3-15-13(8-12)9-16(22)21-15)20-17(23)14-10-18(14)4-6-19-7-5-18;/h2-3,8,11,14,19H,4-7,9-10H2,1H3,(H,20,23)(H,21,22);1H. The maximum Gasteiger partial charge on any atom is 0.228 e. The van der Waals surface area contributed by atoms with E-state index >= 15 is 0 Å². The second-order valence-electron chi connectivity index (χ2n) is 7.24. The minimum atomic E-state index is -0.0251. The lowest BCUT2D eigenvalue weighted by Crippen LogP contribution is -2.34. The minimum Gasteiger partial charge on any atom is -0.349 e. The van der Waals surface area contributed by atoms with Crippen molar-refractivity contribution in [1.82, 2.24) is 10.6 Å². The second kappa shape index (κ2) is 6.37. The summed E-state index contributed by atoms with van der Waals surface area (Å²) in [5.41, 5.74) is 3.25. The van der Waals surface area contributed by atoms with Crippen molar-refractivity contribution in [1.29, 1.82) is 0 Å². The average molecular weight is 350 g/mol. The molecule has 1 saturated heterocycles. The van der Waals surface area contributed by atoms with Crippen LogP contribution in [0.1, 0.15) is 43.4 Å². The van der Waals surface area contributed by atoms with Crippen LogP contribution in [0, 0.1) is 11.3 Å². The van der Waals surface area contributed by atoms with Gasteiger partial charge in [-0.05, 0) is 61.9 Å². The van der Waals surface area contributed by atoms with Crippen LogP contribution >= 0.6 is 12.4 Å². The highest BCUT2D eigenvalue weighted by atomic mass is 35.5. The zero-order chi connectivity index (χ0) is 16.0. The third kappa shape index (κ3) is 3.03. The molecule has 2 atom stereocenters. The van der Waals surface area contributed by atoms with Gasteiger partial charge in [-0.3, -0.25) is 9.59 Å². The lowest BCUT2D eigenvalue weighted by Gasteiger charge is -2.24. The predicted octanol–water partition coefficient (Wildman–Crippen LogP) is 2.17. The Bertz CT molecular complexity index is 670. The van der Waals surface area contributed by atoms with E-state index in [0.29, 0.717) is 6.42 Å². The van der Waals surface area contributed by atoms with Crippen LogP contribution in [0.4, 0.5) is 5.69 Å². The summed E-state index contributed by atoms with van der Waals surface area (Å²) >= 11 is 0. The summed E-state index contributed by atoms with van der Waals surface area (Å²) in [6.45, 7) is 4.08. The van der Waals surface area contributed by atoms with Crippen molar-refractivity contribution in [3.8, 4) is 0 Å². The predicted molar refractivity (Wildman–Crippen MR) is 95.2 cm³/mol. The van der Waals surface area contributed by atoms with Crippen LogP contribution in [-0.2, 0) is 16.0 Å². The molecule has 4 rings (SSSR count). The summed E-state index contributed by atoms with van der Waals surface area (Å²) < 4.78 is 0. The van der Waals surface area contributed by atoms with E-state index < -0.39 is 0 Å². The van der Waals surface area contributed by atoms with Gasteiger partial charge in [0.1, 0.15) is 0 Å². The number of piperidine rings is 1. The average Bonchev–Trinajstić information content (AvgIpc) is 3.08. The Kier molecular flexibility index (Phi) is 4.58. The first-order chi connectivity index (χ1) is 11.1. The smallest absolute Gasteiger partial charge is 0.228 e. The number of nitrogens with one attached hydrogen (secondary N) is 3. The number of benzene rings is 1. The molecule has 2 heterocycles. The van der Waals surface area contributed by atoms with E-state index in [4.69, 9.17) is 0 Å². The highest BCUT2D eigenvalue weighted by molar-refractivity contribution is 5.99. The van der Waals surface area contributed by atoms with Gasteiger partial charge in [-0.1, -0.05) is 12.1 Å². The summed E-state index contributed by atoms with van der Waals surface area (Å²) in [4.78, 5) is 24.0. The quantitative estimate of drug-likeness (QED) is 0.783. The van der Waals surface area contributed by atoms with Gasteiger partial charge in [0.15, 0.2) is 0 Å². The maximum absolute atomic E-state index is 12.6. The molecule has 0 bridgehead atoms. The van der Waals surface area contributed by atoms with Gasteiger partial charge in [0, 0.05) is 11.6 Å². The van der Waals surface area contributed by atoms with E-state index in [1.54, 1.807) is 0 Å². The number of anilines is 1. The van der Waals surface area contributed by atoms with E-state index in [2.05, 4.69) is 16.0 Å². The molecule has 130 valence electrons. The molecule has 2 fully saturated rings. The zero-order valence-electron chi connectivity index (χ0n) is 13.9. The summed E-state index contributed by atoms with van der Waals surface area (Å²) in [5, 5.41) is 9.38. The van der Waals surface area contributed by atoms with Crippen LogP contribution in [0.25, 0.3) is 0 Å². The molecule has 0 aromatic heterocycles. The number of fused-ring (bicyclic) bond motifs is 1. The van der Waals surface area contributed by atoms with E-state index in [1.807, 2.05) is 25.1 Å². The van der Waals surface area contributed by atoms with Gasteiger partial charge in [0.2, 0.25) is 11.8 Å². The second-order valence-corrected chi connectivity index (χ2v) is 7.24. The van der Waals surface area contributed by atoms with E-state index in [1.165, 1.54) is 0 Å². The van der Waals surface area contributed by atoms with Crippen LogP contribution < -0.4 is 16.0 Å². The van der Waals surface area contributed by atoms with Gasteiger partial charge in [-0.2, -0.15) is 0 Å². The number of rotatable bonds is 3. The molecule has 1 aromatic carbocycles. The fraction of sp³-hybridized carbons (Fsp3) is 0.556. The number of hydrogen-bond acceptors (Lipinski definition) is 3. The van der Waals surface area contributed by atoms with Gasteiger partial charge in [-0.15, -0.1) is 12.4 Å². The van der Waals surface area contributed by atoms with E-state index in [9.17, 15) is 9.59 Å². The molecule has 6 heteroatoms. The Balaban J connectivity index is 0.00000169. The molecular formula is C18H24ClN3O2. The molecule has 1 aliphatic carbocycles. The highest BCUT2D eigenvalue weighted by Crippen LogP contribution is 2.58. The highest BCUT2D eigenvalue weighted by Gasteiger charge is 2.57. The van der Waals surface area contributed by atoms with Crippen molar-refractivity contribution in [2.24, 2.45) is 11.3 Å². The van der Waals surface area contributed by atoms with E-state index in [-0.39, 0.29) is 41.6 Å². The first-order valence-corrected chi connectivity index (χ1v) is 8.51. The van der Waals surface area contributed by atoms with Gasteiger partial charge in [0.05, 0.1) is 12.5 Å². The Morgan fingerprint density at radius 3 is 2.83 bits per heavy atom. The number of carbonyl (C=O) groups is 2. The van der Waals surface area contributed by atoms with Crippen LogP contribution in [0.2, 0.25) is 0 Å². The lowest BCUT2D eigenvalue weighted by atomic mass is 9.91. The third-order valence-electron chi connectivity index (χ3n) is 5.72. The largest absolute Gasteiger partial charge is 0.349 e. The molecule has 1 saturated carbocycles. The topological polar surface area (TPSA) is 70.2 Å². The number of hydrogen-bond donors (Lipinski definition) is 3. The maximum atomic E-state index is 12.6. The van der Waals surface area contributed by atoms with Crippen LogP contribution in [-0.4, -0.2) is 24.9 Å². The normalized spacial score (nSPS) is 24.5. The molecule has 24 heavy (non-hydrogen) atoms. The fourth-order valence-corrected chi connectivity index (χ4v) is 4.11. The van der Waals surface area contributed by atoms with Gasteiger partial charge >= 0.3 is 0 Å². The number of halogens is 1. The third-order valence-corrected chi connectivity index (χ3v) is 5.72. The first kappa shape index (κ1) is 17.2. The van der Waals surface area contributed by atoms with Crippen molar-refractivity contribution in [2.75, 3.05) is 18.4 Å². The molecule has 2 unspecified atom stereocenters. The van der Waals surface area contributed by atoms with E-state index in [0.717, 1.165) is 49.2 Å². The first-order valence-electron chi connectivity index (χ1n) is 8.51. The molecule has 5 nitrogen and oxygen atoms in total. The Hall–Kier alpha value is -1.59.